The van der Waals surface area contributed by atoms with Crippen molar-refractivity contribution in [3.05, 3.63) is 65.2 Å². The summed E-state index contributed by atoms with van der Waals surface area (Å²) in [5.41, 5.74) is 1.14. The van der Waals surface area contributed by atoms with Gasteiger partial charge in [0, 0.05) is 18.0 Å². The second-order valence-corrected chi connectivity index (χ2v) is 8.53. The molecule has 9 heteroatoms. The predicted molar refractivity (Wildman–Crippen MR) is 136 cm³/mol. The van der Waals surface area contributed by atoms with Crippen molar-refractivity contribution in [1.82, 2.24) is 4.90 Å². The number of hydrogen-bond acceptors (Lipinski definition) is 6. The number of nitrogens with zero attached hydrogens (tertiary/aromatic N) is 1. The van der Waals surface area contributed by atoms with Crippen molar-refractivity contribution in [3.8, 4) is 5.75 Å². The fourth-order valence-electron chi connectivity index (χ4n) is 3.60. The molecule has 0 radical (unpaired) electrons. The Morgan fingerprint density at radius 1 is 0.944 bits per heavy atom. The van der Waals surface area contributed by atoms with E-state index >= 15 is 0 Å². The first-order chi connectivity index (χ1) is 16.9. The second-order valence-electron chi connectivity index (χ2n) is 8.53. The molecule has 1 unspecified atom stereocenters. The van der Waals surface area contributed by atoms with Gasteiger partial charge in [-0.3, -0.25) is 9.59 Å². The SMILES string of the molecule is CCN(CC)CCOc1ccc(C)cc1C(C)c1ccccc1.O=C(O)CC(O)(CC(=O)O)C(=O)O. The summed E-state index contributed by atoms with van der Waals surface area (Å²) >= 11 is 0. The van der Waals surface area contributed by atoms with E-state index in [1.807, 2.05) is 0 Å². The Labute approximate surface area is 212 Å². The molecule has 0 aliphatic rings. The maximum atomic E-state index is 10.3. The summed E-state index contributed by atoms with van der Waals surface area (Å²) in [6.45, 7) is 12.6. The Morgan fingerprint density at radius 2 is 1.50 bits per heavy atom. The van der Waals surface area contributed by atoms with E-state index < -0.39 is 36.4 Å². The standard InChI is InChI=1S/C21H29NO.C6H8O7/c1-5-22(6-2)14-15-23-21-13-12-17(3)16-20(21)18(4)19-10-8-7-9-11-19;7-3(8)1-6(13,5(11)12)2-4(9)10/h7-13,16,18H,5-6,14-15H2,1-4H3;13H,1-2H2,(H,7,8)(H,9,10)(H,11,12). The lowest BCUT2D eigenvalue weighted by molar-refractivity contribution is -0.170. The topological polar surface area (TPSA) is 145 Å². The number of carbonyl (C=O) groups is 3. The van der Waals surface area contributed by atoms with Gasteiger partial charge in [0.2, 0.25) is 0 Å². The van der Waals surface area contributed by atoms with Crippen molar-refractivity contribution in [3.63, 3.8) is 0 Å². The van der Waals surface area contributed by atoms with Gasteiger partial charge >= 0.3 is 17.9 Å². The molecule has 2 aromatic carbocycles. The summed E-state index contributed by atoms with van der Waals surface area (Å²) in [5.74, 6) is -3.67. The fraction of sp³-hybridized carbons (Fsp3) is 0.444. The molecule has 0 amide bonds. The van der Waals surface area contributed by atoms with Crippen LogP contribution < -0.4 is 4.74 Å². The van der Waals surface area contributed by atoms with Gasteiger partial charge in [-0.05, 0) is 31.6 Å². The minimum absolute atomic E-state index is 0.333. The molecule has 0 bridgehead atoms. The third kappa shape index (κ3) is 10.1. The molecule has 9 nitrogen and oxygen atoms in total. The summed E-state index contributed by atoms with van der Waals surface area (Å²) in [6.07, 6.45) is -2.29. The van der Waals surface area contributed by atoms with Crippen LogP contribution >= 0.6 is 0 Å². The van der Waals surface area contributed by atoms with Gasteiger partial charge in [0.1, 0.15) is 12.4 Å². The molecule has 2 aromatic rings. The van der Waals surface area contributed by atoms with Crippen LogP contribution in [-0.4, -0.2) is 75.1 Å². The molecule has 0 fully saturated rings. The minimum Gasteiger partial charge on any atom is -0.492 e. The zero-order valence-corrected chi connectivity index (χ0v) is 21.3. The number of carboxylic acids is 3. The van der Waals surface area contributed by atoms with E-state index in [4.69, 9.17) is 25.2 Å². The molecular formula is C27H37NO8. The summed E-state index contributed by atoms with van der Waals surface area (Å²) in [4.78, 5) is 32.9. The fourth-order valence-corrected chi connectivity index (χ4v) is 3.60. The van der Waals surface area contributed by atoms with Crippen LogP contribution in [0.1, 0.15) is 56.2 Å². The minimum atomic E-state index is -2.74. The van der Waals surface area contributed by atoms with E-state index in [-0.39, 0.29) is 0 Å². The molecule has 198 valence electrons. The summed E-state index contributed by atoms with van der Waals surface area (Å²) in [6, 6.07) is 17.1. The number of benzene rings is 2. The number of hydrogen-bond donors (Lipinski definition) is 4. The van der Waals surface area contributed by atoms with Crippen LogP contribution in [0.15, 0.2) is 48.5 Å². The predicted octanol–water partition coefficient (Wildman–Crippen LogP) is 3.62. The lowest BCUT2D eigenvalue weighted by atomic mass is 9.91. The average molecular weight is 504 g/mol. The molecule has 2 rings (SSSR count). The quantitative estimate of drug-likeness (QED) is 0.322. The van der Waals surface area contributed by atoms with Crippen LogP contribution in [0, 0.1) is 6.92 Å². The third-order valence-corrected chi connectivity index (χ3v) is 5.78. The van der Waals surface area contributed by atoms with Crippen LogP contribution in [0.5, 0.6) is 5.75 Å². The van der Waals surface area contributed by atoms with Crippen LogP contribution in [-0.2, 0) is 14.4 Å². The number of ether oxygens (including phenoxy) is 1. The number of likely N-dealkylation sites (N-methyl/N-ethyl adjacent to an activating group) is 1. The van der Waals surface area contributed by atoms with E-state index in [1.165, 1.54) is 16.7 Å². The molecule has 0 saturated heterocycles. The van der Waals surface area contributed by atoms with Crippen molar-refractivity contribution in [1.29, 1.82) is 0 Å². The van der Waals surface area contributed by atoms with E-state index in [9.17, 15) is 14.4 Å². The Bertz CT molecular complexity index is 973. The van der Waals surface area contributed by atoms with Gasteiger partial charge in [-0.2, -0.15) is 0 Å². The first-order valence-electron chi connectivity index (χ1n) is 11.8. The third-order valence-electron chi connectivity index (χ3n) is 5.78. The number of aryl methyl sites for hydroxylation is 1. The first kappa shape index (κ1) is 30.6. The summed E-state index contributed by atoms with van der Waals surface area (Å²) in [5, 5.41) is 33.8. The van der Waals surface area contributed by atoms with Crippen LogP contribution in [0.3, 0.4) is 0 Å². The summed E-state index contributed by atoms with van der Waals surface area (Å²) in [7, 11) is 0. The number of aliphatic hydroxyl groups is 1. The molecule has 0 aromatic heterocycles. The van der Waals surface area contributed by atoms with Crippen molar-refractivity contribution < 1.29 is 39.5 Å². The van der Waals surface area contributed by atoms with Crippen LogP contribution in [0.25, 0.3) is 0 Å². The Balaban J connectivity index is 0.000000426. The highest BCUT2D eigenvalue weighted by Gasteiger charge is 2.40. The monoisotopic (exact) mass is 503 g/mol. The zero-order valence-electron chi connectivity index (χ0n) is 21.3. The molecule has 1 atom stereocenters. The van der Waals surface area contributed by atoms with Crippen LogP contribution in [0.4, 0.5) is 0 Å². The Hall–Kier alpha value is -3.43. The van der Waals surface area contributed by atoms with Crippen molar-refractivity contribution in [2.24, 2.45) is 0 Å². The molecule has 0 aliphatic heterocycles. The molecule has 36 heavy (non-hydrogen) atoms. The normalized spacial score (nSPS) is 11.8. The van der Waals surface area contributed by atoms with Gasteiger partial charge in [-0.1, -0.05) is 68.8 Å². The van der Waals surface area contributed by atoms with Gasteiger partial charge in [-0.25, -0.2) is 4.79 Å². The highest BCUT2D eigenvalue weighted by Crippen LogP contribution is 2.32. The smallest absolute Gasteiger partial charge is 0.336 e. The number of rotatable bonds is 13. The van der Waals surface area contributed by atoms with Crippen molar-refractivity contribution >= 4 is 17.9 Å². The highest BCUT2D eigenvalue weighted by atomic mass is 16.5. The molecule has 0 spiro atoms. The average Bonchev–Trinajstić information content (AvgIpc) is 2.82. The van der Waals surface area contributed by atoms with Gasteiger partial charge in [0.25, 0.3) is 0 Å². The van der Waals surface area contributed by atoms with Gasteiger partial charge < -0.3 is 30.1 Å². The van der Waals surface area contributed by atoms with Crippen molar-refractivity contribution in [2.45, 2.75) is 52.1 Å². The number of aliphatic carboxylic acids is 3. The highest BCUT2D eigenvalue weighted by molar-refractivity contribution is 5.88. The van der Waals surface area contributed by atoms with Gasteiger partial charge in [0.05, 0.1) is 12.8 Å². The van der Waals surface area contributed by atoms with E-state index in [0.29, 0.717) is 5.92 Å². The lowest BCUT2D eigenvalue weighted by Gasteiger charge is -2.21. The Morgan fingerprint density at radius 3 is 1.97 bits per heavy atom. The lowest BCUT2D eigenvalue weighted by Crippen LogP contribution is -2.42. The Kier molecular flexibility index (Phi) is 12.6. The maximum Gasteiger partial charge on any atom is 0.336 e. The summed E-state index contributed by atoms with van der Waals surface area (Å²) < 4.78 is 6.13. The van der Waals surface area contributed by atoms with E-state index in [0.717, 1.165) is 32.0 Å². The van der Waals surface area contributed by atoms with Gasteiger partial charge in [-0.15, -0.1) is 0 Å². The largest absolute Gasteiger partial charge is 0.492 e. The molecular weight excluding hydrogens is 466 g/mol. The van der Waals surface area contributed by atoms with E-state index in [2.05, 4.69) is 81.1 Å². The first-order valence-corrected chi connectivity index (χ1v) is 11.8. The van der Waals surface area contributed by atoms with Gasteiger partial charge in [0.15, 0.2) is 5.60 Å². The van der Waals surface area contributed by atoms with Crippen molar-refractivity contribution in [2.75, 3.05) is 26.2 Å². The molecule has 0 heterocycles. The maximum absolute atomic E-state index is 10.3. The molecule has 0 aliphatic carbocycles. The molecule has 4 N–H and O–H groups in total. The molecule has 0 saturated carbocycles. The number of carboxylic acid groups (broad SMARTS) is 3. The van der Waals surface area contributed by atoms with E-state index in [1.54, 1.807) is 0 Å². The second kappa shape index (κ2) is 14.9. The van der Waals surface area contributed by atoms with Crippen LogP contribution in [0.2, 0.25) is 0 Å². The zero-order chi connectivity index (χ0) is 27.3.